The molecule has 2 heterocycles. The number of hydrogen-bond acceptors (Lipinski definition) is 5. The third-order valence-electron chi connectivity index (χ3n) is 7.40. The molecule has 2 aliphatic heterocycles. The van der Waals surface area contributed by atoms with Crippen LogP contribution in [0.2, 0.25) is 0 Å². The largest absolute Gasteiger partial charge is 0.354 e. The van der Waals surface area contributed by atoms with E-state index in [0.29, 0.717) is 11.5 Å². The Labute approximate surface area is 192 Å². The van der Waals surface area contributed by atoms with E-state index < -0.39 is 0 Å². The van der Waals surface area contributed by atoms with Crippen LogP contribution in [0.4, 0.5) is 5.69 Å². The highest BCUT2D eigenvalue weighted by Gasteiger charge is 2.43. The van der Waals surface area contributed by atoms with E-state index in [1.54, 1.807) is 11.9 Å². The van der Waals surface area contributed by atoms with Gasteiger partial charge in [0, 0.05) is 57.7 Å². The fourth-order valence-electron chi connectivity index (χ4n) is 5.42. The van der Waals surface area contributed by atoms with E-state index >= 15 is 0 Å². The Morgan fingerprint density at radius 3 is 2.66 bits per heavy atom. The van der Waals surface area contributed by atoms with Gasteiger partial charge in [0.15, 0.2) is 0 Å². The number of carbonyl (C=O) groups excluding carboxylic acids is 1. The van der Waals surface area contributed by atoms with E-state index in [1.807, 2.05) is 24.4 Å². The van der Waals surface area contributed by atoms with E-state index in [1.165, 1.54) is 44.3 Å². The average molecular weight is 439 g/mol. The monoisotopic (exact) mass is 438 g/mol. The Kier molecular flexibility index (Phi) is 7.60. The van der Waals surface area contributed by atoms with Crippen molar-refractivity contribution in [1.82, 2.24) is 15.1 Å². The van der Waals surface area contributed by atoms with Gasteiger partial charge < -0.3 is 20.9 Å². The Morgan fingerprint density at radius 1 is 1.25 bits per heavy atom. The van der Waals surface area contributed by atoms with Crippen LogP contribution in [0.1, 0.15) is 31.2 Å². The van der Waals surface area contributed by atoms with Crippen molar-refractivity contribution < 1.29 is 4.79 Å². The second-order valence-corrected chi connectivity index (χ2v) is 9.58. The molecule has 1 spiro atoms. The minimum atomic E-state index is 0.440. The van der Waals surface area contributed by atoms with Crippen LogP contribution in [0.15, 0.2) is 41.5 Å². The second kappa shape index (κ2) is 10.6. The highest BCUT2D eigenvalue weighted by atomic mass is 16.1. The van der Waals surface area contributed by atoms with Gasteiger partial charge in [0.25, 0.3) is 0 Å². The molecule has 0 unspecified atom stereocenters. The van der Waals surface area contributed by atoms with Crippen molar-refractivity contribution >= 4 is 17.9 Å². The summed E-state index contributed by atoms with van der Waals surface area (Å²) in [5, 5.41) is 3.35. The van der Waals surface area contributed by atoms with Crippen LogP contribution in [0.5, 0.6) is 0 Å². The number of anilines is 1. The SMILES string of the molecule is CN=C(/C=C\N(C=O)c1cccc(CCN2CCC3(CC2)CC(N)C3)c1)N1CCNCC1. The lowest BCUT2D eigenvalue weighted by Gasteiger charge is -2.51. The molecule has 0 radical (unpaired) electrons. The van der Waals surface area contributed by atoms with Crippen LogP contribution in [0.25, 0.3) is 0 Å². The Balaban J connectivity index is 1.31. The number of piperazine rings is 1. The van der Waals surface area contributed by atoms with Crippen molar-refractivity contribution in [2.24, 2.45) is 16.1 Å². The fraction of sp³-hybridized carbons (Fsp3) is 0.600. The molecule has 0 bridgehead atoms. The van der Waals surface area contributed by atoms with Gasteiger partial charge in [-0.2, -0.15) is 0 Å². The Hall–Kier alpha value is -2.22. The first-order valence-corrected chi connectivity index (χ1v) is 12.0. The maximum Gasteiger partial charge on any atom is 0.218 e. The number of piperidine rings is 1. The van der Waals surface area contributed by atoms with Crippen LogP contribution in [0, 0.1) is 5.41 Å². The van der Waals surface area contributed by atoms with E-state index in [2.05, 4.69) is 32.2 Å². The Morgan fingerprint density at radius 2 is 2.00 bits per heavy atom. The first-order chi connectivity index (χ1) is 15.6. The van der Waals surface area contributed by atoms with E-state index in [-0.39, 0.29) is 0 Å². The van der Waals surface area contributed by atoms with Crippen molar-refractivity contribution in [1.29, 1.82) is 0 Å². The summed E-state index contributed by atoms with van der Waals surface area (Å²) in [6.45, 7) is 7.20. The van der Waals surface area contributed by atoms with Crippen LogP contribution < -0.4 is 16.0 Å². The van der Waals surface area contributed by atoms with Crippen LogP contribution in [0.3, 0.4) is 0 Å². The van der Waals surface area contributed by atoms with Gasteiger partial charge in [0.05, 0.1) is 0 Å². The molecule has 7 heteroatoms. The number of amides is 1. The van der Waals surface area contributed by atoms with Gasteiger partial charge in [0.1, 0.15) is 5.84 Å². The fourth-order valence-corrected chi connectivity index (χ4v) is 5.42. The molecule has 3 N–H and O–H groups in total. The van der Waals surface area contributed by atoms with Crippen LogP contribution in [-0.4, -0.2) is 80.9 Å². The molecular formula is C25H38N6O. The standard InChI is InChI=1S/C25H38N6O/c1-27-24(30-15-9-28-10-16-30)6-12-31(20-32)23-4-2-3-21(17-23)5-11-29-13-7-25(8-14-29)18-22(26)19-25/h2-4,6,12,17,20,22,28H,5,7-11,13-16,18-19,26H2,1H3/b12-6-,27-24?. The molecule has 3 fully saturated rings. The molecule has 4 rings (SSSR count). The summed E-state index contributed by atoms with van der Waals surface area (Å²) < 4.78 is 0. The zero-order valence-corrected chi connectivity index (χ0v) is 19.4. The maximum absolute atomic E-state index is 11.8. The summed E-state index contributed by atoms with van der Waals surface area (Å²) in [6, 6.07) is 8.76. The lowest BCUT2D eigenvalue weighted by molar-refractivity contribution is -0.106. The van der Waals surface area contributed by atoms with Crippen molar-refractivity contribution in [3.63, 3.8) is 0 Å². The minimum Gasteiger partial charge on any atom is -0.354 e. The summed E-state index contributed by atoms with van der Waals surface area (Å²) in [7, 11) is 1.80. The van der Waals surface area contributed by atoms with Gasteiger partial charge in [0.2, 0.25) is 6.41 Å². The molecule has 32 heavy (non-hydrogen) atoms. The molecule has 174 valence electrons. The van der Waals surface area contributed by atoms with Gasteiger partial charge in [-0.15, -0.1) is 0 Å². The van der Waals surface area contributed by atoms with E-state index in [0.717, 1.165) is 57.1 Å². The number of hydrogen-bond donors (Lipinski definition) is 2. The zero-order chi connectivity index (χ0) is 22.4. The molecule has 7 nitrogen and oxygen atoms in total. The summed E-state index contributed by atoms with van der Waals surface area (Å²) in [5.74, 6) is 0.907. The van der Waals surface area contributed by atoms with Gasteiger partial charge in [-0.05, 0) is 74.4 Å². The molecular weight excluding hydrogens is 400 g/mol. The van der Waals surface area contributed by atoms with Crippen LogP contribution in [-0.2, 0) is 11.2 Å². The second-order valence-electron chi connectivity index (χ2n) is 9.58. The van der Waals surface area contributed by atoms with Gasteiger partial charge in [-0.3, -0.25) is 14.7 Å². The lowest BCUT2D eigenvalue weighted by atomic mass is 9.61. The number of likely N-dealkylation sites (tertiary alicyclic amines) is 1. The number of amidine groups is 1. The number of nitrogens with zero attached hydrogens (tertiary/aromatic N) is 4. The maximum atomic E-state index is 11.8. The summed E-state index contributed by atoms with van der Waals surface area (Å²) in [4.78, 5) is 22.7. The van der Waals surface area contributed by atoms with Crippen molar-refractivity contribution in [3.8, 4) is 0 Å². The quantitative estimate of drug-likeness (QED) is 0.386. The molecule has 1 aromatic rings. The molecule has 3 aliphatic rings. The number of rotatable bonds is 7. The third kappa shape index (κ3) is 5.57. The molecule has 0 atom stereocenters. The lowest BCUT2D eigenvalue weighted by Crippen LogP contribution is -2.52. The normalized spacial score (nSPS) is 22.3. The van der Waals surface area contributed by atoms with E-state index in [4.69, 9.17) is 5.73 Å². The minimum absolute atomic E-state index is 0.440. The average Bonchev–Trinajstić information content (AvgIpc) is 2.81. The molecule has 1 saturated carbocycles. The summed E-state index contributed by atoms with van der Waals surface area (Å²) >= 11 is 0. The first-order valence-electron chi connectivity index (χ1n) is 12.0. The number of carbonyl (C=O) groups is 1. The molecule has 2 saturated heterocycles. The van der Waals surface area contributed by atoms with Crippen molar-refractivity contribution in [2.75, 3.05) is 57.8 Å². The predicted octanol–water partition coefficient (Wildman–Crippen LogP) is 1.84. The highest BCUT2D eigenvalue weighted by molar-refractivity contribution is 5.94. The topological polar surface area (TPSA) is 77.2 Å². The summed E-state index contributed by atoms with van der Waals surface area (Å²) in [6.07, 6.45) is 10.6. The molecule has 0 aromatic heterocycles. The van der Waals surface area contributed by atoms with E-state index in [9.17, 15) is 4.79 Å². The molecule has 1 aromatic carbocycles. The number of aliphatic imine (C=N–C) groups is 1. The zero-order valence-electron chi connectivity index (χ0n) is 19.4. The third-order valence-corrected chi connectivity index (χ3v) is 7.40. The Bertz CT molecular complexity index is 815. The number of nitrogens with one attached hydrogen (secondary N) is 1. The number of nitrogens with two attached hydrogens (primary N) is 1. The smallest absolute Gasteiger partial charge is 0.218 e. The number of benzene rings is 1. The first kappa shape index (κ1) is 23.0. The van der Waals surface area contributed by atoms with Crippen molar-refractivity contribution in [3.05, 3.63) is 42.1 Å². The predicted molar refractivity (Wildman–Crippen MR) is 131 cm³/mol. The highest BCUT2D eigenvalue weighted by Crippen LogP contribution is 2.48. The van der Waals surface area contributed by atoms with Crippen molar-refractivity contribution in [2.45, 2.75) is 38.1 Å². The summed E-state index contributed by atoms with van der Waals surface area (Å²) in [5.41, 5.74) is 8.74. The van der Waals surface area contributed by atoms with Gasteiger partial charge in [-0.25, -0.2) is 0 Å². The molecule has 1 aliphatic carbocycles. The van der Waals surface area contributed by atoms with Gasteiger partial charge >= 0.3 is 0 Å². The van der Waals surface area contributed by atoms with Gasteiger partial charge in [-0.1, -0.05) is 12.1 Å². The van der Waals surface area contributed by atoms with Crippen LogP contribution >= 0.6 is 0 Å². The molecule has 1 amide bonds.